The van der Waals surface area contributed by atoms with Gasteiger partial charge in [0.2, 0.25) is 5.91 Å². The van der Waals surface area contributed by atoms with Crippen LogP contribution in [0.15, 0.2) is 11.6 Å². The summed E-state index contributed by atoms with van der Waals surface area (Å²) in [7, 11) is 0. The maximum absolute atomic E-state index is 15.4. The summed E-state index contributed by atoms with van der Waals surface area (Å²) in [6, 6.07) is 1.55. The number of carbonyl (C=O) groups is 2. The number of carbonyl (C=O) groups excluding carboxylic acids is 2. The number of nitrogens with zero attached hydrogens (tertiary/aromatic N) is 2. The number of benzene rings is 1. The Hall–Kier alpha value is -2.81. The van der Waals surface area contributed by atoms with Crippen LogP contribution in [0.4, 0.5) is 10.1 Å². The molecule has 30 heavy (non-hydrogen) atoms. The maximum Gasteiger partial charge on any atom is 0.299 e. The number of halogens is 1. The fourth-order valence-electron chi connectivity index (χ4n) is 4.95. The zero-order valence-corrected chi connectivity index (χ0v) is 17.8. The van der Waals surface area contributed by atoms with Gasteiger partial charge in [-0.15, -0.1) is 0 Å². The maximum atomic E-state index is 15.4. The van der Waals surface area contributed by atoms with E-state index >= 15 is 4.39 Å². The number of hydrogen-bond donors (Lipinski definition) is 1. The Balaban J connectivity index is 1.72. The van der Waals surface area contributed by atoms with E-state index in [0.717, 1.165) is 48.0 Å². The summed E-state index contributed by atoms with van der Waals surface area (Å²) in [4.78, 5) is 28.6. The van der Waals surface area contributed by atoms with Crippen molar-refractivity contribution in [1.29, 1.82) is 0 Å². The molecule has 1 aliphatic heterocycles. The monoisotopic (exact) mass is 409 g/mol. The standard InChI is InChI=1S/C24H28FN3O2/c1-4-6-21(29)28(16-8-9-16)17-7-5-10-27(13-17)23-20(25)12-19(24(26)30)18-11-14(2)15(3)22(18)23/h12,16-17H,5,7-11,13H2,1-3H3,(H2,26,30)/t17-/m0/s1. The van der Waals surface area contributed by atoms with Crippen molar-refractivity contribution < 1.29 is 14.0 Å². The van der Waals surface area contributed by atoms with Crippen LogP contribution >= 0.6 is 0 Å². The van der Waals surface area contributed by atoms with E-state index < -0.39 is 11.7 Å². The minimum Gasteiger partial charge on any atom is -0.367 e. The smallest absolute Gasteiger partial charge is 0.299 e. The first-order valence-electron chi connectivity index (χ1n) is 10.6. The number of rotatable bonds is 4. The normalized spacial score (nSPS) is 20.5. The molecule has 2 N–H and O–H groups in total. The van der Waals surface area contributed by atoms with E-state index in [1.54, 1.807) is 6.92 Å². The predicted molar refractivity (Wildman–Crippen MR) is 115 cm³/mol. The van der Waals surface area contributed by atoms with Crippen LogP contribution in [0, 0.1) is 17.7 Å². The van der Waals surface area contributed by atoms with Crippen LogP contribution < -0.4 is 10.6 Å². The molecule has 5 nitrogen and oxygen atoms in total. The number of hydrogen-bond acceptors (Lipinski definition) is 3. The van der Waals surface area contributed by atoms with Gasteiger partial charge >= 0.3 is 0 Å². The second-order valence-electron chi connectivity index (χ2n) is 8.62. The van der Waals surface area contributed by atoms with Crippen LogP contribution in [0.5, 0.6) is 0 Å². The van der Waals surface area contributed by atoms with E-state index in [2.05, 4.69) is 16.7 Å². The molecule has 1 atom stereocenters. The van der Waals surface area contributed by atoms with Crippen LogP contribution in [0.25, 0.3) is 5.57 Å². The molecule has 1 saturated carbocycles. The molecule has 3 aliphatic rings. The van der Waals surface area contributed by atoms with Crippen LogP contribution in [0.3, 0.4) is 0 Å². The van der Waals surface area contributed by atoms with Gasteiger partial charge in [-0.25, -0.2) is 4.39 Å². The van der Waals surface area contributed by atoms with Gasteiger partial charge in [-0.1, -0.05) is 11.5 Å². The van der Waals surface area contributed by atoms with Crippen LogP contribution in [-0.2, 0) is 11.2 Å². The summed E-state index contributed by atoms with van der Waals surface area (Å²) in [6.45, 7) is 6.95. The van der Waals surface area contributed by atoms with E-state index in [1.165, 1.54) is 6.07 Å². The van der Waals surface area contributed by atoms with Gasteiger partial charge in [-0.3, -0.25) is 9.59 Å². The van der Waals surface area contributed by atoms with Crippen molar-refractivity contribution in [3.63, 3.8) is 0 Å². The molecule has 1 saturated heterocycles. The van der Waals surface area contributed by atoms with Crippen molar-refractivity contribution in [2.45, 2.75) is 65.0 Å². The average molecular weight is 410 g/mol. The van der Waals surface area contributed by atoms with E-state index in [0.29, 0.717) is 25.2 Å². The molecule has 0 radical (unpaired) electrons. The quantitative estimate of drug-likeness (QED) is 0.777. The SMILES string of the molecule is CC#CC(=O)N(C1CC1)[C@H]1CCCN(c2c(F)cc(C(N)=O)c3c2C(C)=C(C)C3)C1. The van der Waals surface area contributed by atoms with Gasteiger partial charge in [0, 0.05) is 30.3 Å². The molecule has 2 aliphatic carbocycles. The highest BCUT2D eigenvalue weighted by Crippen LogP contribution is 2.43. The first kappa shape index (κ1) is 20.5. The Kier molecular flexibility index (Phi) is 5.31. The van der Waals surface area contributed by atoms with Crippen molar-refractivity contribution in [3.05, 3.63) is 34.1 Å². The highest BCUT2D eigenvalue weighted by atomic mass is 19.1. The van der Waals surface area contributed by atoms with Gasteiger partial charge in [0.25, 0.3) is 5.91 Å². The number of allylic oxidation sites excluding steroid dienone is 2. The van der Waals surface area contributed by atoms with Crippen LogP contribution in [0.2, 0.25) is 0 Å². The summed E-state index contributed by atoms with van der Waals surface area (Å²) in [5, 5.41) is 0. The Morgan fingerprint density at radius 1 is 1.23 bits per heavy atom. The largest absolute Gasteiger partial charge is 0.367 e. The van der Waals surface area contributed by atoms with E-state index in [-0.39, 0.29) is 23.6 Å². The third kappa shape index (κ3) is 3.47. The number of nitrogens with two attached hydrogens (primary N) is 1. The zero-order chi connectivity index (χ0) is 21.6. The highest BCUT2D eigenvalue weighted by molar-refractivity contribution is 5.99. The van der Waals surface area contributed by atoms with Gasteiger partial charge in [0.05, 0.1) is 11.7 Å². The minimum absolute atomic E-state index is 0.0113. The molecule has 158 valence electrons. The second kappa shape index (κ2) is 7.79. The third-order valence-electron chi connectivity index (χ3n) is 6.60. The van der Waals surface area contributed by atoms with Crippen LogP contribution in [0.1, 0.15) is 67.9 Å². The summed E-state index contributed by atoms with van der Waals surface area (Å²) in [5.74, 6) is 4.26. The van der Waals surface area contributed by atoms with Crippen molar-refractivity contribution in [1.82, 2.24) is 4.90 Å². The zero-order valence-electron chi connectivity index (χ0n) is 17.8. The summed E-state index contributed by atoms with van der Waals surface area (Å²) >= 11 is 0. The van der Waals surface area contributed by atoms with E-state index in [1.807, 2.05) is 18.7 Å². The highest BCUT2D eigenvalue weighted by Gasteiger charge is 2.40. The number of amides is 2. The average Bonchev–Trinajstić information content (AvgIpc) is 3.48. The van der Waals surface area contributed by atoms with Crippen molar-refractivity contribution >= 4 is 23.1 Å². The fourth-order valence-corrected chi connectivity index (χ4v) is 4.95. The number of primary amides is 1. The number of fused-ring (bicyclic) bond motifs is 1. The Bertz CT molecular complexity index is 1010. The van der Waals surface area contributed by atoms with Gasteiger partial charge < -0.3 is 15.5 Å². The van der Waals surface area contributed by atoms with E-state index in [9.17, 15) is 9.59 Å². The number of piperidine rings is 1. The molecule has 0 aromatic heterocycles. The molecule has 4 rings (SSSR count). The first-order chi connectivity index (χ1) is 14.3. The molecule has 0 unspecified atom stereocenters. The minimum atomic E-state index is -0.598. The lowest BCUT2D eigenvalue weighted by Gasteiger charge is -2.41. The fraction of sp³-hybridized carbons (Fsp3) is 0.500. The molecule has 6 heteroatoms. The lowest BCUT2D eigenvalue weighted by Crippen LogP contribution is -2.51. The van der Waals surface area contributed by atoms with Crippen molar-refractivity contribution in [2.24, 2.45) is 5.73 Å². The molecular formula is C24H28FN3O2. The first-order valence-corrected chi connectivity index (χ1v) is 10.6. The third-order valence-corrected chi connectivity index (χ3v) is 6.60. The predicted octanol–water partition coefficient (Wildman–Crippen LogP) is 3.26. The molecule has 2 amide bonds. The molecular weight excluding hydrogens is 381 g/mol. The summed E-state index contributed by atoms with van der Waals surface area (Å²) < 4.78 is 15.4. The Morgan fingerprint density at radius 2 is 1.97 bits per heavy atom. The molecule has 1 heterocycles. The molecule has 0 spiro atoms. The van der Waals surface area contributed by atoms with Crippen molar-refractivity contribution in [2.75, 3.05) is 18.0 Å². The molecule has 1 aromatic rings. The van der Waals surface area contributed by atoms with Gasteiger partial charge in [-0.05, 0) is 76.0 Å². The topological polar surface area (TPSA) is 66.6 Å². The summed E-state index contributed by atoms with van der Waals surface area (Å²) in [6.07, 6.45) is 4.38. The second-order valence-corrected chi connectivity index (χ2v) is 8.62. The van der Waals surface area contributed by atoms with Gasteiger partial charge in [0.1, 0.15) is 5.82 Å². The lowest BCUT2D eigenvalue weighted by molar-refractivity contribution is -0.128. The van der Waals surface area contributed by atoms with Crippen molar-refractivity contribution in [3.8, 4) is 11.8 Å². The van der Waals surface area contributed by atoms with Gasteiger partial charge in [-0.2, -0.15) is 0 Å². The van der Waals surface area contributed by atoms with Crippen LogP contribution in [-0.4, -0.2) is 41.9 Å². The number of anilines is 1. The summed E-state index contributed by atoms with van der Waals surface area (Å²) in [5.41, 5.74) is 10.1. The lowest BCUT2D eigenvalue weighted by atomic mass is 9.94. The molecule has 0 bridgehead atoms. The van der Waals surface area contributed by atoms with Gasteiger partial charge in [0.15, 0.2) is 0 Å². The Labute approximate surface area is 177 Å². The van der Waals surface area contributed by atoms with E-state index in [4.69, 9.17) is 5.73 Å². The molecule has 1 aromatic carbocycles. The molecule has 2 fully saturated rings. The Morgan fingerprint density at radius 3 is 2.60 bits per heavy atom.